The van der Waals surface area contributed by atoms with Crippen molar-refractivity contribution in [2.45, 2.75) is 52.2 Å². The van der Waals surface area contributed by atoms with Crippen LogP contribution in [0.3, 0.4) is 0 Å². The maximum Gasteiger partial charge on any atom is 0.218 e. The maximum atomic E-state index is 5.97. The molecule has 1 fully saturated rings. The molecule has 0 radical (unpaired) electrons. The van der Waals surface area contributed by atoms with Gasteiger partial charge in [-0.1, -0.05) is 0 Å². The Kier molecular flexibility index (Phi) is 3.44. The third-order valence-electron chi connectivity index (χ3n) is 3.22. The summed E-state index contributed by atoms with van der Waals surface area (Å²) in [4.78, 5) is 4.47. The molecule has 3 nitrogen and oxygen atoms in total. The summed E-state index contributed by atoms with van der Waals surface area (Å²) in [6.45, 7) is 4.56. The SMILES string of the molecule is Cc1cc(C)c(CN)c(OC2CCCC2)n1. The van der Waals surface area contributed by atoms with Gasteiger partial charge in [-0.25, -0.2) is 4.98 Å². The molecule has 1 heterocycles. The molecule has 1 aromatic rings. The zero-order valence-corrected chi connectivity index (χ0v) is 10.1. The summed E-state index contributed by atoms with van der Waals surface area (Å²) in [6, 6.07) is 2.06. The van der Waals surface area contributed by atoms with Crippen molar-refractivity contribution < 1.29 is 4.74 Å². The quantitative estimate of drug-likeness (QED) is 0.851. The summed E-state index contributed by atoms with van der Waals surface area (Å²) in [7, 11) is 0. The first kappa shape index (κ1) is 11.4. The third kappa shape index (κ3) is 2.35. The van der Waals surface area contributed by atoms with Crippen molar-refractivity contribution in [2.24, 2.45) is 5.73 Å². The highest BCUT2D eigenvalue weighted by atomic mass is 16.5. The van der Waals surface area contributed by atoms with Crippen molar-refractivity contribution >= 4 is 0 Å². The van der Waals surface area contributed by atoms with Crippen LogP contribution in [0, 0.1) is 13.8 Å². The predicted molar refractivity (Wildman–Crippen MR) is 64.5 cm³/mol. The molecule has 0 atom stereocenters. The lowest BCUT2D eigenvalue weighted by Crippen LogP contribution is -2.15. The Labute approximate surface area is 97.0 Å². The van der Waals surface area contributed by atoms with E-state index >= 15 is 0 Å². The van der Waals surface area contributed by atoms with E-state index in [0.29, 0.717) is 12.6 Å². The zero-order valence-electron chi connectivity index (χ0n) is 10.1. The van der Waals surface area contributed by atoms with Crippen molar-refractivity contribution in [1.82, 2.24) is 4.98 Å². The van der Waals surface area contributed by atoms with Crippen LogP contribution >= 0.6 is 0 Å². The molecule has 0 aromatic carbocycles. The summed E-state index contributed by atoms with van der Waals surface area (Å²) in [5, 5.41) is 0. The molecule has 1 aliphatic carbocycles. The van der Waals surface area contributed by atoms with Crippen LogP contribution in [-0.2, 0) is 6.54 Å². The van der Waals surface area contributed by atoms with Crippen LogP contribution in [0.25, 0.3) is 0 Å². The topological polar surface area (TPSA) is 48.1 Å². The van der Waals surface area contributed by atoms with Crippen LogP contribution in [0.15, 0.2) is 6.07 Å². The number of hydrogen-bond donors (Lipinski definition) is 1. The molecule has 88 valence electrons. The smallest absolute Gasteiger partial charge is 0.218 e. The Morgan fingerprint density at radius 3 is 2.69 bits per heavy atom. The highest BCUT2D eigenvalue weighted by Gasteiger charge is 2.19. The average molecular weight is 220 g/mol. The number of pyridine rings is 1. The first-order chi connectivity index (χ1) is 7.70. The van der Waals surface area contributed by atoms with E-state index in [-0.39, 0.29) is 0 Å². The van der Waals surface area contributed by atoms with Gasteiger partial charge in [0.25, 0.3) is 0 Å². The van der Waals surface area contributed by atoms with Gasteiger partial charge in [0.05, 0.1) is 0 Å². The molecule has 1 aliphatic rings. The molecule has 3 heteroatoms. The molecule has 0 saturated heterocycles. The summed E-state index contributed by atoms with van der Waals surface area (Å²) < 4.78 is 5.97. The van der Waals surface area contributed by atoms with Crippen LogP contribution in [0.5, 0.6) is 5.88 Å². The second kappa shape index (κ2) is 4.83. The summed E-state index contributed by atoms with van der Waals surface area (Å²) in [6.07, 6.45) is 5.19. The number of aryl methyl sites for hydroxylation is 2. The Bertz CT molecular complexity index is 370. The first-order valence-electron chi connectivity index (χ1n) is 6.04. The van der Waals surface area contributed by atoms with Crippen molar-refractivity contribution in [2.75, 3.05) is 0 Å². The normalized spacial score (nSPS) is 16.7. The van der Waals surface area contributed by atoms with Crippen molar-refractivity contribution in [1.29, 1.82) is 0 Å². The molecule has 0 spiro atoms. The van der Waals surface area contributed by atoms with E-state index in [2.05, 4.69) is 18.0 Å². The minimum absolute atomic E-state index is 0.346. The number of hydrogen-bond acceptors (Lipinski definition) is 3. The summed E-state index contributed by atoms with van der Waals surface area (Å²) in [5.74, 6) is 0.756. The van der Waals surface area contributed by atoms with Crippen molar-refractivity contribution in [3.63, 3.8) is 0 Å². The Balaban J connectivity index is 2.23. The van der Waals surface area contributed by atoms with Crippen LogP contribution < -0.4 is 10.5 Å². The van der Waals surface area contributed by atoms with Gasteiger partial charge in [0.1, 0.15) is 6.10 Å². The lowest BCUT2D eigenvalue weighted by molar-refractivity contribution is 0.198. The molecule has 1 saturated carbocycles. The maximum absolute atomic E-state index is 5.97. The molecule has 2 N–H and O–H groups in total. The third-order valence-corrected chi connectivity index (χ3v) is 3.22. The van der Waals surface area contributed by atoms with Gasteiger partial charge < -0.3 is 10.5 Å². The molecular formula is C13H20N2O. The Morgan fingerprint density at radius 2 is 2.06 bits per heavy atom. The lowest BCUT2D eigenvalue weighted by atomic mass is 10.1. The van der Waals surface area contributed by atoms with E-state index in [0.717, 1.165) is 30.0 Å². The molecule has 16 heavy (non-hydrogen) atoms. The van der Waals surface area contributed by atoms with Gasteiger partial charge in [0, 0.05) is 17.8 Å². The van der Waals surface area contributed by atoms with E-state index in [1.165, 1.54) is 18.4 Å². The van der Waals surface area contributed by atoms with Gasteiger partial charge in [-0.15, -0.1) is 0 Å². The Hall–Kier alpha value is -1.09. The van der Waals surface area contributed by atoms with Gasteiger partial charge >= 0.3 is 0 Å². The van der Waals surface area contributed by atoms with E-state index in [1.54, 1.807) is 0 Å². The van der Waals surface area contributed by atoms with E-state index < -0.39 is 0 Å². The average Bonchev–Trinajstić information content (AvgIpc) is 2.70. The van der Waals surface area contributed by atoms with Gasteiger partial charge in [-0.2, -0.15) is 0 Å². The van der Waals surface area contributed by atoms with E-state index in [4.69, 9.17) is 10.5 Å². The number of rotatable bonds is 3. The number of nitrogens with two attached hydrogens (primary N) is 1. The van der Waals surface area contributed by atoms with Crippen molar-refractivity contribution in [3.05, 3.63) is 22.9 Å². The fraction of sp³-hybridized carbons (Fsp3) is 0.615. The van der Waals surface area contributed by atoms with E-state index in [9.17, 15) is 0 Å². The van der Waals surface area contributed by atoms with Crippen molar-refractivity contribution in [3.8, 4) is 5.88 Å². The van der Waals surface area contributed by atoms with Gasteiger partial charge in [-0.3, -0.25) is 0 Å². The first-order valence-corrected chi connectivity index (χ1v) is 6.04. The molecule has 0 amide bonds. The Morgan fingerprint density at radius 1 is 1.38 bits per heavy atom. The molecule has 1 aromatic heterocycles. The monoisotopic (exact) mass is 220 g/mol. The predicted octanol–water partition coefficient (Wildman–Crippen LogP) is 2.48. The van der Waals surface area contributed by atoms with E-state index in [1.807, 2.05) is 6.92 Å². The molecule has 0 bridgehead atoms. The zero-order chi connectivity index (χ0) is 11.5. The summed E-state index contributed by atoms with van der Waals surface area (Å²) >= 11 is 0. The van der Waals surface area contributed by atoms with Gasteiger partial charge in [-0.05, 0) is 51.2 Å². The second-order valence-corrected chi connectivity index (χ2v) is 4.59. The fourth-order valence-electron chi connectivity index (χ4n) is 2.34. The number of ether oxygens (including phenoxy) is 1. The highest BCUT2D eigenvalue weighted by Crippen LogP contribution is 2.27. The molecule has 0 unspecified atom stereocenters. The fourth-order valence-corrected chi connectivity index (χ4v) is 2.34. The van der Waals surface area contributed by atoms with Crippen LogP contribution in [0.4, 0.5) is 0 Å². The molecule has 2 rings (SSSR count). The number of nitrogens with zero attached hydrogens (tertiary/aromatic N) is 1. The van der Waals surface area contributed by atoms with Crippen LogP contribution in [0.2, 0.25) is 0 Å². The van der Waals surface area contributed by atoms with Gasteiger partial charge in [0.15, 0.2) is 0 Å². The molecular weight excluding hydrogens is 200 g/mol. The lowest BCUT2D eigenvalue weighted by Gasteiger charge is -2.16. The van der Waals surface area contributed by atoms with Crippen LogP contribution in [0.1, 0.15) is 42.5 Å². The highest BCUT2D eigenvalue weighted by molar-refractivity contribution is 5.35. The van der Waals surface area contributed by atoms with Gasteiger partial charge in [0.2, 0.25) is 5.88 Å². The summed E-state index contributed by atoms with van der Waals surface area (Å²) in [5.41, 5.74) is 8.99. The standard InChI is InChI=1S/C13H20N2O/c1-9-7-10(2)15-13(12(9)8-14)16-11-5-3-4-6-11/h7,11H,3-6,8,14H2,1-2H3. The van der Waals surface area contributed by atoms with Crippen LogP contribution in [-0.4, -0.2) is 11.1 Å². The molecule has 0 aliphatic heterocycles. The number of aromatic nitrogens is 1. The second-order valence-electron chi connectivity index (χ2n) is 4.59. The minimum atomic E-state index is 0.346. The largest absolute Gasteiger partial charge is 0.474 e. The minimum Gasteiger partial charge on any atom is -0.474 e.